The number of hydrogen-bond donors (Lipinski definition) is 2. The highest BCUT2D eigenvalue weighted by Gasteiger charge is 2.16. The highest BCUT2D eigenvalue weighted by Crippen LogP contribution is 2.39. The van der Waals surface area contributed by atoms with Crippen molar-refractivity contribution in [3.63, 3.8) is 0 Å². The Morgan fingerprint density at radius 3 is 3.06 bits per heavy atom. The molecule has 2 heterocycles. The first-order valence-corrected chi connectivity index (χ1v) is 8.23. The average Bonchev–Trinajstić information content (AvgIpc) is 2.69. The van der Waals surface area contributed by atoms with Gasteiger partial charge in [-0.05, 0) is 18.4 Å². The number of aliphatic imine (C=N–C) groups is 1. The average molecular weight is 304 g/mol. The molecule has 100 valence electrons. The number of anilines is 1. The number of rotatable bonds is 5. The quantitative estimate of drug-likeness (QED) is 0.780. The molecule has 0 fully saturated rings. The van der Waals surface area contributed by atoms with Gasteiger partial charge >= 0.3 is 0 Å². The summed E-state index contributed by atoms with van der Waals surface area (Å²) in [6.07, 6.45) is 3.67. The summed E-state index contributed by atoms with van der Waals surface area (Å²) >= 11 is 9.13. The molecule has 1 aliphatic heterocycles. The molecule has 0 aromatic carbocycles. The molecule has 0 saturated heterocycles. The standard InChI is InChI=1S/C12H18ClN3S2/c1-3-4-8(2)5-6-14-12-15-9-7-10(13)17-11(9)18-16-12/h7-8H,3-6H2,1-2H3,(H2,14,15,16). The van der Waals surface area contributed by atoms with E-state index in [1.807, 2.05) is 6.07 Å². The van der Waals surface area contributed by atoms with E-state index in [0.29, 0.717) is 0 Å². The van der Waals surface area contributed by atoms with Crippen molar-refractivity contribution >= 4 is 46.5 Å². The fourth-order valence-corrected chi connectivity index (χ4v) is 4.00. The van der Waals surface area contributed by atoms with Gasteiger partial charge in [-0.25, -0.2) is 0 Å². The van der Waals surface area contributed by atoms with Crippen LogP contribution in [0.15, 0.2) is 15.3 Å². The Morgan fingerprint density at radius 2 is 2.28 bits per heavy atom. The fraction of sp³-hybridized carbons (Fsp3) is 0.583. The van der Waals surface area contributed by atoms with E-state index in [1.54, 1.807) is 23.3 Å². The van der Waals surface area contributed by atoms with E-state index in [-0.39, 0.29) is 0 Å². The molecule has 3 nitrogen and oxygen atoms in total. The fourth-order valence-electron chi connectivity index (χ4n) is 1.86. The lowest BCUT2D eigenvalue weighted by atomic mass is 10.0. The van der Waals surface area contributed by atoms with Crippen LogP contribution in [0.1, 0.15) is 33.1 Å². The Balaban J connectivity index is 1.85. The highest BCUT2D eigenvalue weighted by atomic mass is 35.5. The first-order valence-electron chi connectivity index (χ1n) is 6.22. The molecule has 1 unspecified atom stereocenters. The van der Waals surface area contributed by atoms with Gasteiger partial charge in [-0.2, -0.15) is 0 Å². The number of nitrogens with one attached hydrogen (secondary N) is 2. The molecular weight excluding hydrogens is 286 g/mol. The summed E-state index contributed by atoms with van der Waals surface area (Å²) < 4.78 is 5.17. The second-order valence-corrected chi connectivity index (χ2v) is 7.25. The van der Waals surface area contributed by atoms with E-state index in [0.717, 1.165) is 34.9 Å². The van der Waals surface area contributed by atoms with Crippen molar-refractivity contribution in [1.82, 2.24) is 4.72 Å². The van der Waals surface area contributed by atoms with Crippen molar-refractivity contribution < 1.29 is 0 Å². The van der Waals surface area contributed by atoms with Gasteiger partial charge in [0.1, 0.15) is 4.21 Å². The molecule has 0 aliphatic carbocycles. The normalized spacial score (nSPS) is 18.1. The van der Waals surface area contributed by atoms with Crippen molar-refractivity contribution in [2.75, 3.05) is 11.9 Å². The minimum atomic E-state index is 0.752. The van der Waals surface area contributed by atoms with Crippen LogP contribution < -0.4 is 10.0 Å². The van der Waals surface area contributed by atoms with E-state index >= 15 is 0 Å². The predicted molar refractivity (Wildman–Crippen MR) is 82.9 cm³/mol. The summed E-state index contributed by atoms with van der Waals surface area (Å²) in [6, 6.07) is 1.95. The molecule has 1 aromatic heterocycles. The summed E-state index contributed by atoms with van der Waals surface area (Å²) in [5, 5.41) is 3.27. The molecule has 2 N–H and O–H groups in total. The molecule has 0 saturated carbocycles. The van der Waals surface area contributed by atoms with Gasteiger partial charge in [-0.15, -0.1) is 11.3 Å². The van der Waals surface area contributed by atoms with Crippen molar-refractivity contribution in [3.8, 4) is 0 Å². The van der Waals surface area contributed by atoms with Crippen LogP contribution in [-0.2, 0) is 0 Å². The number of thiophene rings is 1. The second kappa shape index (κ2) is 6.68. The lowest BCUT2D eigenvalue weighted by molar-refractivity contribution is 0.493. The summed E-state index contributed by atoms with van der Waals surface area (Å²) in [5.74, 6) is 1.59. The summed E-state index contributed by atoms with van der Waals surface area (Å²) in [7, 11) is 0. The van der Waals surface area contributed by atoms with Gasteiger partial charge in [0, 0.05) is 18.5 Å². The van der Waals surface area contributed by atoms with E-state index in [2.05, 4.69) is 28.9 Å². The molecule has 2 rings (SSSR count). The molecule has 1 atom stereocenters. The third-order valence-corrected chi connectivity index (χ3v) is 5.09. The SMILES string of the molecule is CCCC(C)CCN=C1NSc2sc(Cl)cc2N1. The summed E-state index contributed by atoms with van der Waals surface area (Å²) in [4.78, 5) is 4.55. The minimum Gasteiger partial charge on any atom is -0.324 e. The molecule has 18 heavy (non-hydrogen) atoms. The maximum absolute atomic E-state index is 5.98. The number of fused-ring (bicyclic) bond motifs is 1. The topological polar surface area (TPSA) is 36.4 Å². The Kier molecular flexibility index (Phi) is 5.21. The molecule has 1 aliphatic rings. The number of guanidine groups is 1. The lowest BCUT2D eigenvalue weighted by Gasteiger charge is -2.17. The molecular formula is C12H18ClN3S2. The van der Waals surface area contributed by atoms with Gasteiger partial charge in [-0.1, -0.05) is 38.3 Å². The number of hydrogen-bond acceptors (Lipinski definition) is 3. The molecule has 6 heteroatoms. The van der Waals surface area contributed by atoms with Crippen molar-refractivity contribution in [3.05, 3.63) is 10.4 Å². The number of halogens is 1. The monoisotopic (exact) mass is 303 g/mol. The smallest absolute Gasteiger partial charge is 0.206 e. The maximum atomic E-state index is 5.98. The van der Waals surface area contributed by atoms with Crippen LogP contribution in [0.25, 0.3) is 0 Å². The maximum Gasteiger partial charge on any atom is 0.206 e. The number of nitrogens with zero attached hydrogens (tertiary/aromatic N) is 1. The molecule has 0 amide bonds. The van der Waals surface area contributed by atoms with E-state index < -0.39 is 0 Å². The van der Waals surface area contributed by atoms with E-state index in [4.69, 9.17) is 11.6 Å². The van der Waals surface area contributed by atoms with Crippen molar-refractivity contribution in [2.24, 2.45) is 10.9 Å². The van der Waals surface area contributed by atoms with Crippen molar-refractivity contribution in [2.45, 2.75) is 37.3 Å². The van der Waals surface area contributed by atoms with Crippen LogP contribution in [0.3, 0.4) is 0 Å². The largest absolute Gasteiger partial charge is 0.324 e. The predicted octanol–water partition coefficient (Wildman–Crippen LogP) is 4.61. The molecule has 0 spiro atoms. The van der Waals surface area contributed by atoms with Gasteiger partial charge in [-0.3, -0.25) is 9.71 Å². The zero-order valence-corrected chi connectivity index (χ0v) is 13.0. The van der Waals surface area contributed by atoms with Gasteiger partial charge in [0.05, 0.1) is 10.0 Å². The van der Waals surface area contributed by atoms with Crippen molar-refractivity contribution in [1.29, 1.82) is 0 Å². The summed E-state index contributed by atoms with van der Waals surface area (Å²) in [5.41, 5.74) is 1.06. The zero-order chi connectivity index (χ0) is 13.0. The van der Waals surface area contributed by atoms with Gasteiger partial charge < -0.3 is 5.32 Å². The third kappa shape index (κ3) is 3.80. The second-order valence-electron chi connectivity index (χ2n) is 4.49. The van der Waals surface area contributed by atoms with Crippen LogP contribution >= 0.6 is 34.9 Å². The van der Waals surface area contributed by atoms with Crippen LogP contribution in [0.2, 0.25) is 4.34 Å². The Bertz CT molecular complexity index is 431. The lowest BCUT2D eigenvalue weighted by Crippen LogP contribution is -2.28. The van der Waals surface area contributed by atoms with Crippen LogP contribution in [0.5, 0.6) is 0 Å². The van der Waals surface area contributed by atoms with E-state index in [1.165, 1.54) is 17.1 Å². The first-order chi connectivity index (χ1) is 8.69. The summed E-state index contributed by atoms with van der Waals surface area (Å²) in [6.45, 7) is 5.38. The highest BCUT2D eigenvalue weighted by molar-refractivity contribution is 8.00. The third-order valence-electron chi connectivity index (χ3n) is 2.83. The Labute approximate surface area is 122 Å². The Morgan fingerprint density at radius 1 is 1.44 bits per heavy atom. The molecule has 0 radical (unpaired) electrons. The van der Waals surface area contributed by atoms with Gasteiger partial charge in [0.15, 0.2) is 0 Å². The van der Waals surface area contributed by atoms with Crippen LogP contribution in [-0.4, -0.2) is 12.5 Å². The molecule has 0 bridgehead atoms. The van der Waals surface area contributed by atoms with E-state index in [9.17, 15) is 0 Å². The van der Waals surface area contributed by atoms with Gasteiger partial charge in [0.2, 0.25) is 5.96 Å². The Hall–Kier alpha value is -0.390. The first kappa shape index (κ1) is 14.0. The molecule has 1 aromatic rings. The van der Waals surface area contributed by atoms with Crippen LogP contribution in [0, 0.1) is 5.92 Å². The van der Waals surface area contributed by atoms with Crippen LogP contribution in [0.4, 0.5) is 5.69 Å². The van der Waals surface area contributed by atoms with Gasteiger partial charge in [0.25, 0.3) is 0 Å². The minimum absolute atomic E-state index is 0.752. The zero-order valence-electron chi connectivity index (χ0n) is 10.6.